The molecule has 0 fully saturated rings. The zero-order chi connectivity index (χ0) is 23.2. The maximum atomic E-state index is 12.1. The molecule has 5 N–H and O–H groups in total. The number of benzene rings is 1. The largest absolute Gasteiger partial charge is 0.465 e. The van der Waals surface area contributed by atoms with Gasteiger partial charge in [-0.2, -0.15) is 0 Å². The molecular formula is C22H30N4O5. The lowest BCUT2D eigenvalue weighted by atomic mass is 9.96. The first-order valence-electron chi connectivity index (χ1n) is 9.92. The zero-order valence-corrected chi connectivity index (χ0v) is 18.3. The molecule has 9 nitrogen and oxygen atoms in total. The molecule has 0 aliphatic heterocycles. The summed E-state index contributed by atoms with van der Waals surface area (Å²) in [6, 6.07) is 8.14. The van der Waals surface area contributed by atoms with Crippen molar-refractivity contribution in [2.45, 2.75) is 45.2 Å². The third kappa shape index (κ3) is 6.08. The second-order valence-electron chi connectivity index (χ2n) is 8.09. The molecule has 0 bridgehead atoms. The highest BCUT2D eigenvalue weighted by Crippen LogP contribution is 2.34. The van der Waals surface area contributed by atoms with E-state index in [2.05, 4.69) is 15.0 Å². The van der Waals surface area contributed by atoms with Gasteiger partial charge in [-0.1, -0.05) is 6.07 Å². The van der Waals surface area contributed by atoms with Crippen LogP contribution in [0.2, 0.25) is 0 Å². The maximum absolute atomic E-state index is 12.1. The average molecular weight is 431 g/mol. The third-order valence-corrected chi connectivity index (χ3v) is 4.79. The van der Waals surface area contributed by atoms with Gasteiger partial charge in [-0.25, -0.2) is 9.59 Å². The SMILES string of the molecule is COC(=O)Nc1ccc(-c2ccnc([C@H](CCCO)N(C(=O)O)C(C)(C)C)c2)c(N)c1. The molecule has 0 saturated carbocycles. The Labute approximate surface area is 181 Å². The summed E-state index contributed by atoms with van der Waals surface area (Å²) in [5.41, 5.74) is 8.52. The number of pyridine rings is 1. The fourth-order valence-electron chi connectivity index (χ4n) is 3.45. The first kappa shape index (κ1) is 23.9. The van der Waals surface area contributed by atoms with Crippen LogP contribution in [-0.2, 0) is 4.74 Å². The van der Waals surface area contributed by atoms with E-state index in [9.17, 15) is 19.8 Å². The summed E-state index contributed by atoms with van der Waals surface area (Å²) < 4.78 is 4.58. The van der Waals surface area contributed by atoms with E-state index in [1.165, 1.54) is 12.0 Å². The highest BCUT2D eigenvalue weighted by Gasteiger charge is 2.34. The van der Waals surface area contributed by atoms with Crippen LogP contribution in [0.3, 0.4) is 0 Å². The minimum absolute atomic E-state index is 0.0462. The Morgan fingerprint density at radius 2 is 1.97 bits per heavy atom. The highest BCUT2D eigenvalue weighted by molar-refractivity contribution is 5.87. The predicted octanol–water partition coefficient (Wildman–Crippen LogP) is 4.10. The van der Waals surface area contributed by atoms with Crippen molar-refractivity contribution < 1.29 is 24.5 Å². The predicted molar refractivity (Wildman–Crippen MR) is 119 cm³/mol. The number of amides is 2. The number of carboxylic acid groups (broad SMARTS) is 1. The maximum Gasteiger partial charge on any atom is 0.411 e. The van der Waals surface area contributed by atoms with E-state index in [1.54, 1.807) is 30.5 Å². The Morgan fingerprint density at radius 1 is 1.26 bits per heavy atom. The van der Waals surface area contributed by atoms with Crippen LogP contribution in [0.4, 0.5) is 21.0 Å². The van der Waals surface area contributed by atoms with E-state index >= 15 is 0 Å². The van der Waals surface area contributed by atoms with E-state index in [1.807, 2.05) is 26.8 Å². The lowest BCUT2D eigenvalue weighted by Crippen LogP contribution is -2.47. The minimum Gasteiger partial charge on any atom is -0.465 e. The van der Waals surface area contributed by atoms with Crippen molar-refractivity contribution >= 4 is 23.6 Å². The molecule has 168 valence electrons. The van der Waals surface area contributed by atoms with Gasteiger partial charge in [0.2, 0.25) is 0 Å². The van der Waals surface area contributed by atoms with Gasteiger partial charge < -0.3 is 20.7 Å². The van der Waals surface area contributed by atoms with Gasteiger partial charge in [-0.3, -0.25) is 15.2 Å². The van der Waals surface area contributed by atoms with Crippen LogP contribution < -0.4 is 11.1 Å². The third-order valence-electron chi connectivity index (χ3n) is 4.79. The molecule has 2 amide bonds. The standard InChI is InChI=1S/C22H30N4O5/c1-22(2,3)26(21(29)30)19(6-5-11-27)18-12-14(9-10-24-18)16-8-7-15(13-17(16)23)25-20(28)31-4/h7-10,12-13,19,27H,5-6,11,23H2,1-4H3,(H,25,28)(H,29,30)/t19-/m0/s1. The number of methoxy groups -OCH3 is 1. The fraction of sp³-hybridized carbons (Fsp3) is 0.409. The number of nitrogens with two attached hydrogens (primary N) is 1. The van der Waals surface area contributed by atoms with Gasteiger partial charge in [0, 0.05) is 35.3 Å². The van der Waals surface area contributed by atoms with Crippen LogP contribution in [0.1, 0.15) is 45.3 Å². The van der Waals surface area contributed by atoms with Gasteiger partial charge in [-0.15, -0.1) is 0 Å². The molecular weight excluding hydrogens is 400 g/mol. The molecule has 31 heavy (non-hydrogen) atoms. The van der Waals surface area contributed by atoms with Crippen molar-refractivity contribution in [2.75, 3.05) is 24.8 Å². The summed E-state index contributed by atoms with van der Waals surface area (Å²) in [6.07, 6.45) is 0.821. The Morgan fingerprint density at radius 3 is 2.52 bits per heavy atom. The van der Waals surface area contributed by atoms with Crippen LogP contribution in [0.15, 0.2) is 36.5 Å². The number of hydrogen-bond acceptors (Lipinski definition) is 6. The number of nitrogens with one attached hydrogen (secondary N) is 1. The van der Waals surface area contributed by atoms with Crippen LogP contribution in [0, 0.1) is 0 Å². The van der Waals surface area contributed by atoms with Gasteiger partial charge in [-0.05, 0) is 63.4 Å². The van der Waals surface area contributed by atoms with Crippen molar-refractivity contribution in [2.24, 2.45) is 0 Å². The Balaban J connectivity index is 2.45. The smallest absolute Gasteiger partial charge is 0.411 e. The first-order valence-corrected chi connectivity index (χ1v) is 9.92. The van der Waals surface area contributed by atoms with Gasteiger partial charge in [0.15, 0.2) is 0 Å². The second-order valence-corrected chi connectivity index (χ2v) is 8.09. The molecule has 1 aromatic carbocycles. The number of nitrogen functional groups attached to an aromatic ring is 1. The van der Waals surface area contributed by atoms with Crippen molar-refractivity contribution in [3.63, 3.8) is 0 Å². The fourth-order valence-corrected chi connectivity index (χ4v) is 3.45. The van der Waals surface area contributed by atoms with Crippen molar-refractivity contribution in [1.82, 2.24) is 9.88 Å². The monoisotopic (exact) mass is 430 g/mol. The zero-order valence-electron chi connectivity index (χ0n) is 18.3. The number of nitrogens with zero attached hydrogens (tertiary/aromatic N) is 2. The van der Waals surface area contributed by atoms with Gasteiger partial charge in [0.1, 0.15) is 0 Å². The van der Waals surface area contributed by atoms with Gasteiger partial charge >= 0.3 is 12.2 Å². The molecule has 0 radical (unpaired) electrons. The van der Waals surface area contributed by atoms with E-state index in [-0.39, 0.29) is 6.61 Å². The number of carbonyl (C=O) groups excluding carboxylic acids is 1. The van der Waals surface area contributed by atoms with E-state index in [0.717, 1.165) is 11.1 Å². The highest BCUT2D eigenvalue weighted by atomic mass is 16.5. The number of aliphatic hydroxyl groups excluding tert-OH is 1. The van der Waals surface area contributed by atoms with E-state index in [0.29, 0.717) is 29.9 Å². The molecule has 0 aliphatic rings. The Kier molecular flexibility index (Phi) is 7.82. The number of carbonyl (C=O) groups is 2. The van der Waals surface area contributed by atoms with Gasteiger partial charge in [0.25, 0.3) is 0 Å². The number of aliphatic hydroxyl groups is 1. The number of aromatic nitrogens is 1. The van der Waals surface area contributed by atoms with E-state index < -0.39 is 23.8 Å². The van der Waals surface area contributed by atoms with Crippen LogP contribution in [0.25, 0.3) is 11.1 Å². The minimum atomic E-state index is -1.06. The molecule has 0 spiro atoms. The summed E-state index contributed by atoms with van der Waals surface area (Å²) in [5, 5.41) is 21.7. The lowest BCUT2D eigenvalue weighted by Gasteiger charge is -2.39. The Bertz CT molecular complexity index is 926. The summed E-state index contributed by atoms with van der Waals surface area (Å²) in [4.78, 5) is 29.2. The van der Waals surface area contributed by atoms with Crippen molar-refractivity contribution in [3.8, 4) is 11.1 Å². The number of anilines is 2. The second kappa shape index (κ2) is 10.1. The summed E-state index contributed by atoms with van der Waals surface area (Å²) in [6.45, 7) is 5.42. The number of rotatable bonds is 7. The average Bonchev–Trinajstić information content (AvgIpc) is 2.69. The number of ether oxygens (including phenoxy) is 1. The summed E-state index contributed by atoms with van der Waals surface area (Å²) >= 11 is 0. The molecule has 1 atom stereocenters. The molecule has 0 aliphatic carbocycles. The number of hydrogen-bond donors (Lipinski definition) is 4. The molecule has 0 unspecified atom stereocenters. The van der Waals surface area contributed by atoms with Crippen LogP contribution >= 0.6 is 0 Å². The van der Waals surface area contributed by atoms with Crippen LogP contribution in [-0.4, -0.2) is 51.5 Å². The first-order chi connectivity index (χ1) is 14.6. The molecule has 0 saturated heterocycles. The Hall–Kier alpha value is -3.33. The van der Waals surface area contributed by atoms with Crippen LogP contribution in [0.5, 0.6) is 0 Å². The molecule has 1 aromatic heterocycles. The molecule has 2 aromatic rings. The normalized spacial score (nSPS) is 12.2. The van der Waals surface area contributed by atoms with E-state index in [4.69, 9.17) is 5.73 Å². The molecule has 2 rings (SSSR count). The summed E-state index contributed by atoms with van der Waals surface area (Å²) in [7, 11) is 1.27. The van der Waals surface area contributed by atoms with Crippen molar-refractivity contribution in [1.29, 1.82) is 0 Å². The van der Waals surface area contributed by atoms with Gasteiger partial charge in [0.05, 0.1) is 18.8 Å². The molecule has 9 heteroatoms. The lowest BCUT2D eigenvalue weighted by molar-refractivity contribution is 0.0626. The molecule has 1 heterocycles. The van der Waals surface area contributed by atoms with Crippen molar-refractivity contribution in [3.05, 3.63) is 42.2 Å². The summed E-state index contributed by atoms with van der Waals surface area (Å²) in [5.74, 6) is 0. The topological polar surface area (TPSA) is 138 Å². The quantitative estimate of drug-likeness (QED) is 0.485.